The SMILES string of the molecule is CC(C)c1ccc(NC(=O)C[NH+](N)Cc2c[nH]c(=O)n(C)c2=O)cc1. The molecule has 1 amide bonds. The van der Waals surface area contributed by atoms with Gasteiger partial charge in [-0.15, -0.1) is 0 Å². The van der Waals surface area contributed by atoms with Crippen LogP contribution in [0.15, 0.2) is 40.1 Å². The van der Waals surface area contributed by atoms with Gasteiger partial charge in [-0.05, 0) is 23.6 Å². The minimum absolute atomic E-state index is 0.00574. The van der Waals surface area contributed by atoms with Crippen LogP contribution in [0.25, 0.3) is 0 Å². The Morgan fingerprint density at radius 1 is 1.28 bits per heavy atom. The Kier molecular flexibility index (Phi) is 5.89. The number of rotatable bonds is 6. The van der Waals surface area contributed by atoms with Crippen LogP contribution in [-0.4, -0.2) is 22.0 Å². The normalized spacial score (nSPS) is 12.2. The van der Waals surface area contributed by atoms with E-state index in [0.717, 1.165) is 4.57 Å². The Bertz CT molecular complexity index is 852. The van der Waals surface area contributed by atoms with E-state index in [9.17, 15) is 14.4 Å². The van der Waals surface area contributed by atoms with Crippen LogP contribution >= 0.6 is 0 Å². The first-order valence-electron chi connectivity index (χ1n) is 8.05. The van der Waals surface area contributed by atoms with Crippen LogP contribution in [-0.2, 0) is 18.4 Å². The molecular weight excluding hydrogens is 322 g/mol. The summed E-state index contributed by atoms with van der Waals surface area (Å²) in [6.07, 6.45) is 1.33. The third-order valence-corrected chi connectivity index (χ3v) is 3.92. The van der Waals surface area contributed by atoms with E-state index in [2.05, 4.69) is 24.1 Å². The first-order chi connectivity index (χ1) is 11.8. The molecule has 1 aromatic carbocycles. The third-order valence-electron chi connectivity index (χ3n) is 3.92. The summed E-state index contributed by atoms with van der Waals surface area (Å²) in [5, 5.41) is 3.13. The number of nitrogens with zero attached hydrogens (tertiary/aromatic N) is 1. The van der Waals surface area contributed by atoms with Gasteiger partial charge in [0.25, 0.3) is 11.5 Å². The number of nitrogens with one attached hydrogen (secondary N) is 3. The highest BCUT2D eigenvalue weighted by Crippen LogP contribution is 2.16. The molecule has 2 rings (SSSR count). The summed E-state index contributed by atoms with van der Waals surface area (Å²) in [6.45, 7) is 4.33. The smallest absolute Gasteiger partial charge is 0.321 e. The molecule has 1 atom stereocenters. The molecule has 0 aliphatic heterocycles. The van der Waals surface area contributed by atoms with Crippen molar-refractivity contribution in [3.8, 4) is 0 Å². The number of H-pyrrole nitrogens is 1. The highest BCUT2D eigenvalue weighted by molar-refractivity contribution is 5.91. The number of aromatic nitrogens is 2. The van der Waals surface area contributed by atoms with E-state index in [1.165, 1.54) is 18.8 Å². The molecule has 0 spiro atoms. The average molecular weight is 346 g/mol. The van der Waals surface area contributed by atoms with E-state index >= 15 is 0 Å². The molecule has 0 bridgehead atoms. The number of carbonyl (C=O) groups excluding carboxylic acids is 1. The molecule has 0 fully saturated rings. The van der Waals surface area contributed by atoms with Crippen LogP contribution in [0, 0.1) is 0 Å². The van der Waals surface area contributed by atoms with Gasteiger partial charge in [0.2, 0.25) is 0 Å². The summed E-state index contributed by atoms with van der Waals surface area (Å²) < 4.78 is 0.971. The highest BCUT2D eigenvalue weighted by Gasteiger charge is 2.15. The molecule has 1 heterocycles. The van der Waals surface area contributed by atoms with E-state index in [1.54, 1.807) is 0 Å². The van der Waals surface area contributed by atoms with Gasteiger partial charge in [0, 0.05) is 18.9 Å². The van der Waals surface area contributed by atoms with Crippen molar-refractivity contribution in [1.29, 1.82) is 0 Å². The lowest BCUT2D eigenvalue weighted by atomic mass is 10.0. The Morgan fingerprint density at radius 3 is 2.52 bits per heavy atom. The van der Waals surface area contributed by atoms with Crippen molar-refractivity contribution >= 4 is 11.6 Å². The van der Waals surface area contributed by atoms with E-state index in [4.69, 9.17) is 5.84 Å². The van der Waals surface area contributed by atoms with Crippen LogP contribution in [0.1, 0.15) is 30.9 Å². The number of amides is 1. The number of benzene rings is 1. The standard InChI is InChI=1S/C17H23N5O3/c1-11(2)12-4-6-14(7-5-12)20-15(23)10-22(18)9-13-8-19-17(25)21(3)16(13)24/h4-8,11H,9-10,18H2,1-3H3,(H,19,25)(H,20,23)/p+1. The summed E-state index contributed by atoms with van der Waals surface area (Å²) in [4.78, 5) is 37.8. The van der Waals surface area contributed by atoms with Crippen LogP contribution < -0.4 is 27.4 Å². The zero-order valence-electron chi connectivity index (χ0n) is 14.6. The molecule has 1 unspecified atom stereocenters. The second-order valence-corrected chi connectivity index (χ2v) is 6.32. The molecular formula is C17H24N5O3+. The molecule has 0 aliphatic carbocycles. The van der Waals surface area contributed by atoms with Crippen molar-refractivity contribution in [2.45, 2.75) is 26.3 Å². The molecule has 0 saturated carbocycles. The van der Waals surface area contributed by atoms with E-state index in [1.807, 2.05) is 24.3 Å². The number of hydrogen-bond donors (Lipinski definition) is 4. The number of hydrogen-bond acceptors (Lipinski definition) is 4. The number of aromatic amines is 1. The predicted molar refractivity (Wildman–Crippen MR) is 95.2 cm³/mol. The molecule has 0 aliphatic rings. The molecule has 25 heavy (non-hydrogen) atoms. The van der Waals surface area contributed by atoms with Gasteiger partial charge in [0.05, 0.1) is 5.56 Å². The monoisotopic (exact) mass is 346 g/mol. The number of nitrogens with two attached hydrogens (primary N) is 1. The van der Waals surface area contributed by atoms with Crippen LogP contribution in [0.4, 0.5) is 5.69 Å². The summed E-state index contributed by atoms with van der Waals surface area (Å²) in [7, 11) is 1.38. The first kappa shape index (κ1) is 18.6. The lowest BCUT2D eigenvalue weighted by Crippen LogP contribution is -3.17. The van der Waals surface area contributed by atoms with Gasteiger partial charge in [-0.3, -0.25) is 14.2 Å². The van der Waals surface area contributed by atoms with Gasteiger partial charge in [0.15, 0.2) is 6.54 Å². The highest BCUT2D eigenvalue weighted by atomic mass is 16.2. The topological polar surface area (TPSA) is 114 Å². The zero-order chi connectivity index (χ0) is 18.6. The van der Waals surface area contributed by atoms with E-state index in [-0.39, 0.29) is 19.0 Å². The van der Waals surface area contributed by atoms with Crippen molar-refractivity contribution in [3.63, 3.8) is 0 Å². The minimum atomic E-state index is -0.491. The van der Waals surface area contributed by atoms with Crippen molar-refractivity contribution in [1.82, 2.24) is 9.55 Å². The van der Waals surface area contributed by atoms with Crippen molar-refractivity contribution in [3.05, 3.63) is 62.4 Å². The molecule has 8 nitrogen and oxygen atoms in total. The fourth-order valence-corrected chi connectivity index (χ4v) is 2.41. The molecule has 5 N–H and O–H groups in total. The summed E-state index contributed by atoms with van der Waals surface area (Å²) in [5.41, 5.74) is 1.32. The summed E-state index contributed by atoms with van der Waals surface area (Å²) >= 11 is 0. The number of anilines is 1. The van der Waals surface area contributed by atoms with Crippen LogP contribution in [0.2, 0.25) is 0 Å². The Hall–Kier alpha value is -2.71. The fraction of sp³-hybridized carbons (Fsp3) is 0.353. The fourth-order valence-electron chi connectivity index (χ4n) is 2.41. The molecule has 0 saturated heterocycles. The van der Waals surface area contributed by atoms with Crippen molar-refractivity contribution in [2.75, 3.05) is 11.9 Å². The van der Waals surface area contributed by atoms with Gasteiger partial charge in [0.1, 0.15) is 6.54 Å². The third kappa shape index (κ3) is 4.88. The van der Waals surface area contributed by atoms with E-state index < -0.39 is 11.2 Å². The molecule has 2 aromatic rings. The van der Waals surface area contributed by atoms with Gasteiger partial charge in [-0.25, -0.2) is 9.80 Å². The largest absolute Gasteiger partial charge is 0.328 e. The second-order valence-electron chi connectivity index (χ2n) is 6.32. The minimum Gasteiger partial charge on any atom is -0.321 e. The van der Waals surface area contributed by atoms with Crippen molar-refractivity contribution in [2.24, 2.45) is 12.9 Å². The van der Waals surface area contributed by atoms with Gasteiger partial charge in [-0.2, -0.15) is 5.84 Å². The van der Waals surface area contributed by atoms with Gasteiger partial charge < -0.3 is 10.3 Å². The van der Waals surface area contributed by atoms with Crippen molar-refractivity contribution < 1.29 is 9.80 Å². The lowest BCUT2D eigenvalue weighted by Gasteiger charge is -2.13. The number of carbonyl (C=O) groups is 1. The molecule has 134 valence electrons. The summed E-state index contributed by atoms with van der Waals surface area (Å²) in [5.74, 6) is 6.07. The Morgan fingerprint density at radius 2 is 1.92 bits per heavy atom. The van der Waals surface area contributed by atoms with E-state index in [0.29, 0.717) is 22.2 Å². The number of quaternary nitrogens is 1. The molecule has 0 radical (unpaired) electrons. The molecule has 8 heteroatoms. The first-order valence-corrected chi connectivity index (χ1v) is 8.05. The van der Waals surface area contributed by atoms with Gasteiger partial charge in [-0.1, -0.05) is 26.0 Å². The quantitative estimate of drug-likeness (QED) is 0.401. The maximum atomic E-state index is 12.1. The van der Waals surface area contributed by atoms with Gasteiger partial charge >= 0.3 is 5.69 Å². The average Bonchev–Trinajstić information content (AvgIpc) is 2.55. The summed E-state index contributed by atoms with van der Waals surface area (Å²) in [6, 6.07) is 7.64. The van der Waals surface area contributed by atoms with Crippen LogP contribution in [0.3, 0.4) is 0 Å². The Labute approximate surface area is 145 Å². The zero-order valence-corrected chi connectivity index (χ0v) is 14.6. The lowest BCUT2D eigenvalue weighted by molar-refractivity contribution is -0.918. The maximum absolute atomic E-state index is 12.1. The molecule has 1 aromatic heterocycles. The maximum Gasteiger partial charge on any atom is 0.328 e. The van der Waals surface area contributed by atoms with Crippen LogP contribution in [0.5, 0.6) is 0 Å². The Balaban J connectivity index is 1.95. The predicted octanol–water partition coefficient (Wildman–Crippen LogP) is -0.906. The second kappa shape index (κ2) is 7.91.